The van der Waals surface area contributed by atoms with Crippen LogP contribution in [0.25, 0.3) is 0 Å². The fourth-order valence-electron chi connectivity index (χ4n) is 3.51. The first-order chi connectivity index (χ1) is 13.2. The van der Waals surface area contributed by atoms with E-state index < -0.39 is 11.2 Å². The van der Waals surface area contributed by atoms with Crippen LogP contribution >= 0.6 is 0 Å². The highest BCUT2D eigenvalue weighted by molar-refractivity contribution is 6.01. The molecule has 1 N–H and O–H groups in total. The summed E-state index contributed by atoms with van der Waals surface area (Å²) in [7, 11) is 0. The van der Waals surface area contributed by atoms with E-state index in [4.69, 9.17) is 14.8 Å². The number of nitrogens with zero attached hydrogens (tertiary/aromatic N) is 3. The molecule has 2 heterocycles. The molecule has 3 rings (SSSR count). The number of aliphatic hydroxyl groups is 1. The molecule has 28 heavy (non-hydrogen) atoms. The summed E-state index contributed by atoms with van der Waals surface area (Å²) >= 11 is 0. The lowest BCUT2D eigenvalue weighted by Crippen LogP contribution is -2.49. The summed E-state index contributed by atoms with van der Waals surface area (Å²) in [5.74, 6) is 0. The molecule has 1 aromatic rings. The van der Waals surface area contributed by atoms with E-state index in [1.807, 2.05) is 32.9 Å². The van der Waals surface area contributed by atoms with Gasteiger partial charge in [0, 0.05) is 25.9 Å². The minimum absolute atomic E-state index is 0.191. The van der Waals surface area contributed by atoms with Crippen LogP contribution in [0.5, 0.6) is 0 Å². The highest BCUT2D eigenvalue weighted by Crippen LogP contribution is 2.32. The van der Waals surface area contributed by atoms with Crippen LogP contribution in [0.4, 0.5) is 4.79 Å². The maximum atomic E-state index is 12.2. The van der Waals surface area contributed by atoms with Crippen molar-refractivity contribution in [3.8, 4) is 6.07 Å². The van der Waals surface area contributed by atoms with Crippen LogP contribution in [0.3, 0.4) is 0 Å². The number of likely N-dealkylation sites (tertiary alicyclic amines) is 1. The maximum Gasteiger partial charge on any atom is 0.410 e. The van der Waals surface area contributed by atoms with Gasteiger partial charge in [0.2, 0.25) is 0 Å². The van der Waals surface area contributed by atoms with Crippen molar-refractivity contribution < 1.29 is 19.5 Å². The summed E-state index contributed by atoms with van der Waals surface area (Å²) in [4.78, 5) is 19.4. The van der Waals surface area contributed by atoms with Gasteiger partial charge in [0.25, 0.3) is 0 Å². The summed E-state index contributed by atoms with van der Waals surface area (Å²) in [6, 6.07) is 9.32. The molecule has 1 unspecified atom stereocenters. The number of carbonyl (C=O) groups excluding carboxylic acids is 1. The van der Waals surface area contributed by atoms with Gasteiger partial charge < -0.3 is 19.6 Å². The third-order valence-electron chi connectivity index (χ3n) is 5.03. The first-order valence-corrected chi connectivity index (χ1v) is 9.61. The molecule has 0 bridgehead atoms. The van der Waals surface area contributed by atoms with Gasteiger partial charge in [-0.25, -0.2) is 4.79 Å². The molecule has 0 spiro atoms. The molecule has 7 heteroatoms. The smallest absolute Gasteiger partial charge is 0.410 e. The van der Waals surface area contributed by atoms with Crippen LogP contribution in [0.2, 0.25) is 0 Å². The zero-order chi connectivity index (χ0) is 20.4. The van der Waals surface area contributed by atoms with E-state index in [9.17, 15) is 9.90 Å². The largest absolute Gasteiger partial charge is 0.444 e. The number of benzene rings is 1. The summed E-state index contributed by atoms with van der Waals surface area (Å²) in [6.07, 6.45) is 1.53. The van der Waals surface area contributed by atoms with Crippen LogP contribution in [-0.4, -0.2) is 52.2 Å². The van der Waals surface area contributed by atoms with Crippen molar-refractivity contribution in [2.24, 2.45) is 5.16 Å². The number of rotatable bonds is 3. The van der Waals surface area contributed by atoms with Gasteiger partial charge in [-0.05, 0) is 51.3 Å². The number of piperidine rings is 1. The highest BCUT2D eigenvalue weighted by atomic mass is 16.6. The topological polar surface area (TPSA) is 95.2 Å². The Morgan fingerprint density at radius 2 is 2.00 bits per heavy atom. The number of hydrogen-bond donors (Lipinski definition) is 1. The Kier molecular flexibility index (Phi) is 5.61. The van der Waals surface area contributed by atoms with Gasteiger partial charge in [-0.3, -0.25) is 0 Å². The normalized spacial score (nSPS) is 21.5. The number of amides is 1. The van der Waals surface area contributed by atoms with Gasteiger partial charge in [-0.1, -0.05) is 17.3 Å². The number of hydrogen-bond acceptors (Lipinski definition) is 6. The molecule has 2 aliphatic heterocycles. The second-order valence-electron chi connectivity index (χ2n) is 8.55. The number of oxime groups is 1. The van der Waals surface area contributed by atoms with Gasteiger partial charge in [0.1, 0.15) is 11.7 Å². The molecule has 2 aliphatic rings. The van der Waals surface area contributed by atoms with Crippen LogP contribution in [0.1, 0.15) is 57.6 Å². The molecule has 1 saturated heterocycles. The molecule has 0 aromatic heterocycles. The molecular weight excluding hydrogens is 358 g/mol. The Morgan fingerprint density at radius 1 is 1.36 bits per heavy atom. The second-order valence-corrected chi connectivity index (χ2v) is 8.55. The average Bonchev–Trinajstić information content (AvgIpc) is 3.08. The van der Waals surface area contributed by atoms with E-state index in [0.29, 0.717) is 44.3 Å². The molecule has 1 amide bonds. The zero-order valence-corrected chi connectivity index (χ0v) is 16.6. The van der Waals surface area contributed by atoms with E-state index in [1.165, 1.54) is 0 Å². The van der Waals surface area contributed by atoms with Crippen LogP contribution in [0, 0.1) is 11.3 Å². The van der Waals surface area contributed by atoms with E-state index in [1.54, 1.807) is 17.0 Å². The van der Waals surface area contributed by atoms with E-state index in [0.717, 1.165) is 11.3 Å². The minimum atomic E-state index is -0.876. The minimum Gasteiger partial charge on any atom is -0.444 e. The fraction of sp³-hybridized carbons (Fsp3) is 0.571. The monoisotopic (exact) mass is 385 g/mol. The first-order valence-electron chi connectivity index (χ1n) is 9.61. The van der Waals surface area contributed by atoms with E-state index in [2.05, 4.69) is 11.2 Å². The van der Waals surface area contributed by atoms with Crippen LogP contribution < -0.4 is 0 Å². The summed E-state index contributed by atoms with van der Waals surface area (Å²) < 4.78 is 5.40. The molecule has 1 aromatic carbocycles. The predicted molar refractivity (Wildman–Crippen MR) is 104 cm³/mol. The molecule has 0 saturated carbocycles. The molecule has 7 nitrogen and oxygen atoms in total. The Balaban J connectivity index is 1.50. The molecular formula is C21H27N3O4. The van der Waals surface area contributed by atoms with Crippen molar-refractivity contribution in [3.63, 3.8) is 0 Å². The Morgan fingerprint density at radius 3 is 2.57 bits per heavy atom. The van der Waals surface area contributed by atoms with Crippen molar-refractivity contribution in [1.29, 1.82) is 5.26 Å². The first kappa shape index (κ1) is 20.2. The molecule has 1 fully saturated rings. The third kappa shape index (κ3) is 5.02. The molecule has 0 radical (unpaired) electrons. The summed E-state index contributed by atoms with van der Waals surface area (Å²) in [6.45, 7) is 6.44. The average molecular weight is 385 g/mol. The summed E-state index contributed by atoms with van der Waals surface area (Å²) in [5, 5.41) is 24.0. The van der Waals surface area contributed by atoms with Crippen molar-refractivity contribution in [3.05, 3.63) is 35.4 Å². The maximum absolute atomic E-state index is 12.2. The summed E-state index contributed by atoms with van der Waals surface area (Å²) in [5.41, 5.74) is 0.948. The lowest BCUT2D eigenvalue weighted by Gasteiger charge is -2.39. The molecule has 0 aliphatic carbocycles. The zero-order valence-electron chi connectivity index (χ0n) is 16.6. The predicted octanol–water partition coefficient (Wildman–Crippen LogP) is 3.20. The SMILES string of the molecule is CC(C)(C)OC(=O)N1CCC(O)(CC2CC(c3ccc(C#N)cc3)=NO2)CC1. The second kappa shape index (κ2) is 7.80. The Labute approximate surface area is 165 Å². The van der Waals surface area contributed by atoms with Crippen molar-refractivity contribution in [2.75, 3.05) is 13.1 Å². The van der Waals surface area contributed by atoms with Crippen LogP contribution in [0.15, 0.2) is 29.4 Å². The number of carbonyl (C=O) groups is 1. The Bertz CT molecular complexity index is 781. The molecule has 150 valence electrons. The third-order valence-corrected chi connectivity index (χ3v) is 5.03. The van der Waals surface area contributed by atoms with Gasteiger partial charge in [-0.2, -0.15) is 5.26 Å². The van der Waals surface area contributed by atoms with Gasteiger partial charge in [-0.15, -0.1) is 0 Å². The van der Waals surface area contributed by atoms with Gasteiger partial charge in [0.15, 0.2) is 0 Å². The fourth-order valence-corrected chi connectivity index (χ4v) is 3.51. The number of ether oxygens (including phenoxy) is 1. The highest BCUT2D eigenvalue weighted by Gasteiger charge is 2.39. The van der Waals surface area contributed by atoms with Crippen molar-refractivity contribution in [1.82, 2.24) is 4.90 Å². The quantitative estimate of drug-likeness (QED) is 0.862. The lowest BCUT2D eigenvalue weighted by atomic mass is 9.85. The number of nitriles is 1. The lowest BCUT2D eigenvalue weighted by molar-refractivity contribution is -0.0657. The van der Waals surface area contributed by atoms with E-state index in [-0.39, 0.29) is 12.2 Å². The van der Waals surface area contributed by atoms with Gasteiger partial charge in [0.05, 0.1) is 22.9 Å². The Hall–Kier alpha value is -2.59. The van der Waals surface area contributed by atoms with Crippen molar-refractivity contribution in [2.45, 2.75) is 63.8 Å². The van der Waals surface area contributed by atoms with Gasteiger partial charge >= 0.3 is 6.09 Å². The molecule has 1 atom stereocenters. The van der Waals surface area contributed by atoms with Crippen LogP contribution in [-0.2, 0) is 9.57 Å². The van der Waals surface area contributed by atoms with Crippen molar-refractivity contribution >= 4 is 11.8 Å². The van der Waals surface area contributed by atoms with E-state index >= 15 is 0 Å². The standard InChI is InChI=1S/C21H27N3O4/c1-20(2,3)27-19(25)24-10-8-21(26,9-11-24)13-17-12-18(23-28-17)16-6-4-15(14-22)5-7-16/h4-7,17,26H,8-13H2,1-3H3.